The van der Waals surface area contributed by atoms with Crippen molar-refractivity contribution >= 4 is 34.6 Å². The average Bonchev–Trinajstić information content (AvgIpc) is 2.77. The van der Waals surface area contributed by atoms with E-state index in [1.807, 2.05) is 18.2 Å². The summed E-state index contributed by atoms with van der Waals surface area (Å²) in [7, 11) is -3.32. The van der Waals surface area contributed by atoms with Crippen LogP contribution < -0.4 is 10.0 Å². The van der Waals surface area contributed by atoms with E-state index < -0.39 is 10.0 Å². The molecule has 2 aromatic rings. The number of sulfonamides is 1. The Kier molecular flexibility index (Phi) is 11.6. The summed E-state index contributed by atoms with van der Waals surface area (Å²) in [5.41, 5.74) is 2.53. The highest BCUT2D eigenvalue weighted by Gasteiger charge is 2.18. The molecule has 2 rings (SSSR count). The van der Waals surface area contributed by atoms with Crippen LogP contribution in [0.3, 0.4) is 0 Å². The number of rotatable bonds is 14. The summed E-state index contributed by atoms with van der Waals surface area (Å²) >= 11 is 4.41. The van der Waals surface area contributed by atoms with Crippen molar-refractivity contribution in [1.82, 2.24) is 9.62 Å². The summed E-state index contributed by atoms with van der Waals surface area (Å²) in [5.74, 6) is 0.124. The Balaban J connectivity index is 1.86. The molecule has 0 aliphatic carbocycles. The largest absolute Gasteiger partial charge is 0.381 e. The molecule has 0 spiro atoms. The van der Waals surface area contributed by atoms with Crippen LogP contribution in [-0.2, 0) is 27.7 Å². The smallest absolute Gasteiger partial charge is 0.327 e. The van der Waals surface area contributed by atoms with Gasteiger partial charge in [-0.2, -0.15) is 0 Å². The van der Waals surface area contributed by atoms with Gasteiger partial charge in [-0.05, 0) is 36.1 Å². The molecule has 0 radical (unpaired) electrons. The van der Waals surface area contributed by atoms with Crippen molar-refractivity contribution in [2.24, 2.45) is 5.92 Å². The summed E-state index contributed by atoms with van der Waals surface area (Å²) in [6.45, 7) is 4.22. The molecule has 182 valence electrons. The molecule has 2 N–H and O–H groups in total. The van der Waals surface area contributed by atoms with Gasteiger partial charge in [-0.25, -0.2) is 13.2 Å². The number of nitrogens with one attached hydrogen (secondary N) is 2. The van der Waals surface area contributed by atoms with E-state index in [-0.39, 0.29) is 11.9 Å². The summed E-state index contributed by atoms with van der Waals surface area (Å²) in [6.07, 6.45) is 5.24. The molecule has 9 heteroatoms. The monoisotopic (exact) mass is 493 g/mol. The first-order valence-corrected chi connectivity index (χ1v) is 13.5. The van der Waals surface area contributed by atoms with Crippen molar-refractivity contribution in [3.05, 3.63) is 65.7 Å². The fraction of sp³-hybridized carbons (Fsp3) is 0.458. The number of carbonyl (C=O) groups excluding carboxylic acids is 1. The second-order valence-corrected chi connectivity index (χ2v) is 10.4. The molecular weight excluding hydrogens is 458 g/mol. The molecule has 7 nitrogen and oxygen atoms in total. The minimum Gasteiger partial charge on any atom is -0.381 e. The van der Waals surface area contributed by atoms with Crippen molar-refractivity contribution in [2.45, 2.75) is 39.2 Å². The van der Waals surface area contributed by atoms with Gasteiger partial charge in [0.25, 0.3) is 0 Å². The van der Waals surface area contributed by atoms with Gasteiger partial charge in [-0.3, -0.25) is 9.03 Å². The van der Waals surface area contributed by atoms with E-state index >= 15 is 0 Å². The van der Waals surface area contributed by atoms with E-state index in [4.69, 9.17) is 4.74 Å². The predicted molar refractivity (Wildman–Crippen MR) is 137 cm³/mol. The van der Waals surface area contributed by atoms with Gasteiger partial charge in [0.05, 0.1) is 12.9 Å². The van der Waals surface area contributed by atoms with Gasteiger partial charge in [0.1, 0.15) is 0 Å². The van der Waals surface area contributed by atoms with Gasteiger partial charge in [-0.1, -0.05) is 75.0 Å². The number of carbonyl (C=O) groups is 1. The normalized spacial score (nSPS) is 12.2. The van der Waals surface area contributed by atoms with Gasteiger partial charge in [-0.15, -0.1) is 0 Å². The Morgan fingerprint density at radius 2 is 1.76 bits per heavy atom. The van der Waals surface area contributed by atoms with E-state index in [9.17, 15) is 13.2 Å². The molecule has 0 saturated carbocycles. The van der Waals surface area contributed by atoms with Crippen LogP contribution in [-0.4, -0.2) is 44.8 Å². The van der Waals surface area contributed by atoms with E-state index in [1.54, 1.807) is 24.3 Å². The number of unbranched alkanes of at least 4 members (excludes halogenated alkanes) is 2. The number of ether oxygens (including phenoxy) is 1. The van der Waals surface area contributed by atoms with Crippen LogP contribution >= 0.6 is 12.8 Å². The lowest BCUT2D eigenvalue weighted by Gasteiger charge is -2.24. The van der Waals surface area contributed by atoms with E-state index in [0.29, 0.717) is 25.4 Å². The van der Waals surface area contributed by atoms with Crippen molar-refractivity contribution in [2.75, 3.05) is 30.7 Å². The standard InChI is InChI=1S/C24H35N3O4S2/c1-3-4-8-15-31-19-22(16-20-9-6-5-7-10-20)18-27(32)24(28)25-17-21-11-13-23(14-12-21)26-33(2,29)30/h5-7,9-14,22,26,32H,3-4,8,15-19H2,1-2H3,(H,25,28). The summed E-state index contributed by atoms with van der Waals surface area (Å²) in [5, 5.41) is 2.85. The maximum atomic E-state index is 12.6. The Morgan fingerprint density at radius 3 is 2.39 bits per heavy atom. The van der Waals surface area contributed by atoms with Crippen molar-refractivity contribution in [1.29, 1.82) is 0 Å². The second kappa shape index (κ2) is 14.1. The van der Waals surface area contributed by atoms with Crippen molar-refractivity contribution in [3.63, 3.8) is 0 Å². The van der Waals surface area contributed by atoms with E-state index in [1.165, 1.54) is 9.87 Å². The van der Waals surface area contributed by atoms with Crippen molar-refractivity contribution in [3.8, 4) is 0 Å². The number of urea groups is 1. The first-order valence-electron chi connectivity index (χ1n) is 11.2. The molecule has 0 heterocycles. The van der Waals surface area contributed by atoms with E-state index in [2.05, 4.69) is 41.9 Å². The minimum absolute atomic E-state index is 0.124. The molecule has 0 aromatic heterocycles. The summed E-state index contributed by atoms with van der Waals surface area (Å²) in [4.78, 5) is 12.6. The van der Waals surface area contributed by atoms with Gasteiger partial charge in [0.15, 0.2) is 0 Å². The van der Waals surface area contributed by atoms with Gasteiger partial charge in [0, 0.05) is 31.3 Å². The summed E-state index contributed by atoms with van der Waals surface area (Å²) < 4.78 is 32.3. The third-order valence-electron chi connectivity index (χ3n) is 4.98. The maximum Gasteiger partial charge on any atom is 0.327 e. The van der Waals surface area contributed by atoms with Crippen LogP contribution in [0.5, 0.6) is 0 Å². The van der Waals surface area contributed by atoms with Crippen LogP contribution in [0.4, 0.5) is 10.5 Å². The lowest BCUT2D eigenvalue weighted by molar-refractivity contribution is 0.0915. The molecule has 0 aliphatic heterocycles. The number of anilines is 1. The van der Waals surface area contributed by atoms with Crippen LogP contribution in [0.2, 0.25) is 0 Å². The lowest BCUT2D eigenvalue weighted by Crippen LogP contribution is -2.38. The molecule has 1 atom stereocenters. The first-order chi connectivity index (χ1) is 15.8. The number of nitrogens with zero attached hydrogens (tertiary/aromatic N) is 1. The van der Waals surface area contributed by atoms with Crippen LogP contribution in [0.1, 0.15) is 37.3 Å². The molecule has 2 aromatic carbocycles. The fourth-order valence-corrected chi connectivity index (χ4v) is 4.19. The zero-order chi connectivity index (χ0) is 24.1. The van der Waals surface area contributed by atoms with E-state index in [0.717, 1.165) is 44.1 Å². The average molecular weight is 494 g/mol. The van der Waals surface area contributed by atoms with Crippen molar-refractivity contribution < 1.29 is 17.9 Å². The molecule has 1 unspecified atom stereocenters. The highest BCUT2D eigenvalue weighted by molar-refractivity contribution is 7.92. The topological polar surface area (TPSA) is 87.7 Å². The maximum absolute atomic E-state index is 12.6. The third-order valence-corrected chi connectivity index (χ3v) is 5.93. The number of hydrogen-bond acceptors (Lipinski definition) is 5. The molecule has 2 amide bonds. The highest BCUT2D eigenvalue weighted by Crippen LogP contribution is 2.14. The Bertz CT molecular complexity index is 938. The summed E-state index contributed by atoms with van der Waals surface area (Å²) in [6, 6.07) is 16.7. The number of amides is 2. The van der Waals surface area contributed by atoms with Crippen LogP contribution in [0.25, 0.3) is 0 Å². The van der Waals surface area contributed by atoms with Crippen LogP contribution in [0.15, 0.2) is 54.6 Å². The predicted octanol–water partition coefficient (Wildman–Crippen LogP) is 4.48. The zero-order valence-electron chi connectivity index (χ0n) is 19.4. The fourth-order valence-electron chi connectivity index (χ4n) is 3.33. The Hall–Kier alpha value is -2.23. The Morgan fingerprint density at radius 1 is 1.06 bits per heavy atom. The molecule has 0 aliphatic rings. The highest BCUT2D eigenvalue weighted by atomic mass is 32.2. The molecule has 33 heavy (non-hydrogen) atoms. The second-order valence-electron chi connectivity index (χ2n) is 8.15. The molecular formula is C24H35N3O4S2. The minimum atomic E-state index is -3.32. The SMILES string of the molecule is CCCCCOCC(Cc1ccccc1)CN(S)C(=O)NCc1ccc(NS(C)(=O)=O)cc1. The number of hydrogen-bond donors (Lipinski definition) is 3. The molecule has 0 bridgehead atoms. The molecule has 0 saturated heterocycles. The molecule has 0 fully saturated rings. The third kappa shape index (κ3) is 11.5. The first kappa shape index (κ1) is 27.0. The number of benzene rings is 2. The van der Waals surface area contributed by atoms with Gasteiger partial charge >= 0.3 is 6.03 Å². The Labute approximate surface area is 203 Å². The number of thiol groups is 1. The van der Waals surface area contributed by atoms with Gasteiger partial charge < -0.3 is 10.1 Å². The van der Waals surface area contributed by atoms with Crippen LogP contribution in [0, 0.1) is 5.92 Å². The zero-order valence-corrected chi connectivity index (χ0v) is 21.1. The quantitative estimate of drug-likeness (QED) is 0.267. The lowest BCUT2D eigenvalue weighted by atomic mass is 10.00. The van der Waals surface area contributed by atoms with Gasteiger partial charge in [0.2, 0.25) is 10.0 Å².